The smallest absolute Gasteiger partial charge is 0.406 e. The highest BCUT2D eigenvalue weighted by Crippen LogP contribution is 2.26. The molecule has 0 fully saturated rings. The number of aryl methyl sites for hydroxylation is 2. The van der Waals surface area contributed by atoms with E-state index in [1.165, 1.54) is 35.2 Å². The molecule has 11 heteroatoms. The standard InChI is InChI=1S/C19H18F3N3O3S2/c1-11-16(12(2)28-25-11)9-29-10-17(26)24-18-23-8-15(30-18)7-13-3-5-14(6-4-13)27-19(20,21)22/h3-6,8H,7,9-10H2,1-2H3,(H,23,24,26). The second kappa shape index (κ2) is 9.52. The van der Waals surface area contributed by atoms with Crippen molar-refractivity contribution in [2.75, 3.05) is 11.1 Å². The molecular formula is C19H18F3N3O3S2. The third-order valence-corrected chi connectivity index (χ3v) is 5.87. The summed E-state index contributed by atoms with van der Waals surface area (Å²) in [5, 5.41) is 7.12. The lowest BCUT2D eigenvalue weighted by Gasteiger charge is -2.08. The maximum absolute atomic E-state index is 12.2. The van der Waals surface area contributed by atoms with Crippen LogP contribution >= 0.6 is 23.1 Å². The van der Waals surface area contributed by atoms with Crippen LogP contribution in [0.15, 0.2) is 35.0 Å². The van der Waals surface area contributed by atoms with E-state index in [0.717, 1.165) is 27.5 Å². The minimum Gasteiger partial charge on any atom is -0.406 e. The van der Waals surface area contributed by atoms with Gasteiger partial charge < -0.3 is 14.6 Å². The second-order valence-electron chi connectivity index (χ2n) is 6.34. The summed E-state index contributed by atoms with van der Waals surface area (Å²) in [6.45, 7) is 3.70. The molecule has 1 amide bonds. The van der Waals surface area contributed by atoms with Gasteiger partial charge in [0.1, 0.15) is 11.5 Å². The number of carbonyl (C=O) groups is 1. The molecule has 0 aliphatic heterocycles. The number of carbonyl (C=O) groups excluding carboxylic acids is 1. The molecule has 0 bridgehead atoms. The Bertz CT molecular complexity index is 981. The van der Waals surface area contributed by atoms with E-state index >= 15 is 0 Å². The fourth-order valence-corrected chi connectivity index (χ4v) is 4.41. The maximum atomic E-state index is 12.2. The number of anilines is 1. The van der Waals surface area contributed by atoms with Crippen molar-refractivity contribution in [2.45, 2.75) is 32.4 Å². The van der Waals surface area contributed by atoms with Gasteiger partial charge in [-0.2, -0.15) is 0 Å². The quantitative estimate of drug-likeness (QED) is 0.507. The molecule has 3 aromatic rings. The molecule has 0 aliphatic rings. The van der Waals surface area contributed by atoms with Crippen molar-refractivity contribution in [3.8, 4) is 5.75 Å². The van der Waals surface area contributed by atoms with E-state index in [2.05, 4.69) is 20.2 Å². The largest absolute Gasteiger partial charge is 0.573 e. The average Bonchev–Trinajstić information content (AvgIpc) is 3.23. The molecule has 160 valence electrons. The number of halogens is 3. The predicted molar refractivity (Wildman–Crippen MR) is 109 cm³/mol. The molecule has 1 N–H and O–H groups in total. The SMILES string of the molecule is Cc1noc(C)c1CSCC(=O)Nc1ncc(Cc2ccc(OC(F)(F)F)cc2)s1. The van der Waals surface area contributed by atoms with E-state index in [1.807, 2.05) is 13.8 Å². The van der Waals surface area contributed by atoms with E-state index < -0.39 is 6.36 Å². The van der Waals surface area contributed by atoms with Gasteiger partial charge in [0, 0.05) is 28.8 Å². The highest BCUT2D eigenvalue weighted by molar-refractivity contribution is 7.99. The van der Waals surface area contributed by atoms with Crippen molar-refractivity contribution in [1.82, 2.24) is 10.1 Å². The lowest BCUT2D eigenvalue weighted by Crippen LogP contribution is -2.17. The number of nitrogens with zero attached hydrogens (tertiary/aromatic N) is 2. The third kappa shape index (κ3) is 6.49. The van der Waals surface area contributed by atoms with Gasteiger partial charge in [-0.05, 0) is 31.5 Å². The van der Waals surface area contributed by atoms with Crippen LogP contribution in [0.1, 0.15) is 27.5 Å². The van der Waals surface area contributed by atoms with Gasteiger partial charge in [-0.3, -0.25) is 4.79 Å². The molecule has 0 aliphatic carbocycles. The number of alkyl halides is 3. The number of hydrogen-bond acceptors (Lipinski definition) is 7. The number of nitrogens with one attached hydrogen (secondary N) is 1. The Morgan fingerprint density at radius 3 is 2.63 bits per heavy atom. The molecule has 2 aromatic heterocycles. The Hall–Kier alpha value is -2.53. The monoisotopic (exact) mass is 457 g/mol. The summed E-state index contributed by atoms with van der Waals surface area (Å²) in [7, 11) is 0. The lowest BCUT2D eigenvalue weighted by atomic mass is 10.1. The summed E-state index contributed by atoms with van der Waals surface area (Å²) in [4.78, 5) is 17.2. The molecular weight excluding hydrogens is 439 g/mol. The highest BCUT2D eigenvalue weighted by atomic mass is 32.2. The zero-order valence-electron chi connectivity index (χ0n) is 16.1. The van der Waals surface area contributed by atoms with Crippen molar-refractivity contribution in [1.29, 1.82) is 0 Å². The third-order valence-electron chi connectivity index (χ3n) is 4.00. The van der Waals surface area contributed by atoms with Gasteiger partial charge in [-0.15, -0.1) is 36.3 Å². The van der Waals surface area contributed by atoms with E-state index in [0.29, 0.717) is 17.3 Å². The minimum atomic E-state index is -4.71. The van der Waals surface area contributed by atoms with Gasteiger partial charge in [0.25, 0.3) is 0 Å². The normalized spacial score (nSPS) is 11.5. The van der Waals surface area contributed by atoms with Crippen molar-refractivity contribution < 1.29 is 27.2 Å². The van der Waals surface area contributed by atoms with Crippen molar-refractivity contribution >= 4 is 34.1 Å². The number of hydrogen-bond donors (Lipinski definition) is 1. The summed E-state index contributed by atoms with van der Waals surface area (Å²) in [6, 6.07) is 5.65. The van der Waals surface area contributed by atoms with Crippen LogP contribution in [0.3, 0.4) is 0 Å². The van der Waals surface area contributed by atoms with Gasteiger partial charge in [0.15, 0.2) is 5.13 Å². The van der Waals surface area contributed by atoms with E-state index in [-0.39, 0.29) is 17.4 Å². The topological polar surface area (TPSA) is 77.3 Å². The first-order valence-corrected chi connectivity index (χ1v) is 10.8. The van der Waals surface area contributed by atoms with Gasteiger partial charge in [-0.1, -0.05) is 17.3 Å². The first-order valence-electron chi connectivity index (χ1n) is 8.78. The molecule has 0 saturated heterocycles. The molecule has 1 aromatic carbocycles. The van der Waals surface area contributed by atoms with Crippen molar-refractivity contribution in [3.05, 3.63) is 57.9 Å². The summed E-state index contributed by atoms with van der Waals surface area (Å²) in [5.74, 6) is 1.22. The van der Waals surface area contributed by atoms with Crippen LogP contribution in [-0.4, -0.2) is 28.2 Å². The van der Waals surface area contributed by atoms with Crippen LogP contribution in [0.5, 0.6) is 5.75 Å². The number of amides is 1. The van der Waals surface area contributed by atoms with Crippen LogP contribution in [-0.2, 0) is 17.0 Å². The molecule has 6 nitrogen and oxygen atoms in total. The summed E-state index contributed by atoms with van der Waals surface area (Å²) in [5.41, 5.74) is 2.63. The predicted octanol–water partition coefficient (Wildman–Crippen LogP) is 5.11. The van der Waals surface area contributed by atoms with E-state index in [9.17, 15) is 18.0 Å². The molecule has 0 spiro atoms. The van der Waals surface area contributed by atoms with Crippen LogP contribution in [0, 0.1) is 13.8 Å². The van der Waals surface area contributed by atoms with E-state index in [4.69, 9.17) is 4.52 Å². The van der Waals surface area contributed by atoms with Gasteiger partial charge >= 0.3 is 6.36 Å². The molecule has 0 unspecified atom stereocenters. The molecule has 0 saturated carbocycles. The summed E-state index contributed by atoms with van der Waals surface area (Å²) in [6.07, 6.45) is -2.59. The molecule has 0 atom stereocenters. The number of ether oxygens (including phenoxy) is 1. The Labute approximate surface area is 178 Å². The Kier molecular flexibility index (Phi) is 7.03. The van der Waals surface area contributed by atoms with E-state index in [1.54, 1.807) is 18.3 Å². The molecule has 0 radical (unpaired) electrons. The number of benzene rings is 1. The Morgan fingerprint density at radius 1 is 1.27 bits per heavy atom. The fourth-order valence-electron chi connectivity index (χ4n) is 2.57. The van der Waals surface area contributed by atoms with Crippen LogP contribution in [0.2, 0.25) is 0 Å². The average molecular weight is 457 g/mol. The minimum absolute atomic E-state index is 0.165. The zero-order chi connectivity index (χ0) is 21.7. The molecule has 3 rings (SSSR count). The van der Waals surface area contributed by atoms with Crippen LogP contribution in [0.4, 0.5) is 18.3 Å². The zero-order valence-corrected chi connectivity index (χ0v) is 17.7. The molecule has 30 heavy (non-hydrogen) atoms. The van der Waals surface area contributed by atoms with Crippen molar-refractivity contribution in [3.63, 3.8) is 0 Å². The number of thiazole rings is 1. The highest BCUT2D eigenvalue weighted by Gasteiger charge is 2.30. The molecule has 2 heterocycles. The lowest BCUT2D eigenvalue weighted by molar-refractivity contribution is -0.274. The first kappa shape index (κ1) is 22.2. The maximum Gasteiger partial charge on any atom is 0.573 e. The van der Waals surface area contributed by atoms with Gasteiger partial charge in [-0.25, -0.2) is 4.98 Å². The Balaban J connectivity index is 1.47. The van der Waals surface area contributed by atoms with Gasteiger partial charge in [0.05, 0.1) is 11.4 Å². The summed E-state index contributed by atoms with van der Waals surface area (Å²) < 4.78 is 45.6. The van der Waals surface area contributed by atoms with Crippen LogP contribution < -0.4 is 10.1 Å². The van der Waals surface area contributed by atoms with Crippen molar-refractivity contribution in [2.24, 2.45) is 0 Å². The van der Waals surface area contributed by atoms with Crippen LogP contribution in [0.25, 0.3) is 0 Å². The number of aromatic nitrogens is 2. The Morgan fingerprint density at radius 2 is 2.00 bits per heavy atom. The fraction of sp³-hybridized carbons (Fsp3) is 0.316. The summed E-state index contributed by atoms with van der Waals surface area (Å²) >= 11 is 2.77. The second-order valence-corrected chi connectivity index (χ2v) is 8.44. The first-order chi connectivity index (χ1) is 14.2. The number of rotatable bonds is 8. The number of thioether (sulfide) groups is 1. The van der Waals surface area contributed by atoms with Gasteiger partial charge in [0.2, 0.25) is 5.91 Å².